The van der Waals surface area contributed by atoms with Crippen LogP contribution in [0.4, 0.5) is 0 Å². The Bertz CT molecular complexity index is 305. The van der Waals surface area contributed by atoms with E-state index in [9.17, 15) is 4.79 Å². The lowest BCUT2D eigenvalue weighted by Crippen LogP contribution is -2.51. The van der Waals surface area contributed by atoms with Crippen LogP contribution in [-0.4, -0.2) is 87.2 Å². The zero-order chi connectivity index (χ0) is 13.8. The number of rotatable bonds is 6. The van der Waals surface area contributed by atoms with Gasteiger partial charge in [-0.3, -0.25) is 4.79 Å². The van der Waals surface area contributed by atoms with Gasteiger partial charge in [0.2, 0.25) is 5.91 Å². The number of carbonyl (C=O) groups excluding carboxylic acids is 1. The van der Waals surface area contributed by atoms with Crippen LogP contribution in [0.3, 0.4) is 0 Å². The van der Waals surface area contributed by atoms with Crippen molar-refractivity contribution in [3.63, 3.8) is 0 Å². The van der Waals surface area contributed by atoms with Crippen LogP contribution in [0.25, 0.3) is 0 Å². The summed E-state index contributed by atoms with van der Waals surface area (Å²) in [6.45, 7) is 4.73. The van der Waals surface area contributed by atoms with Gasteiger partial charge in [0.1, 0.15) is 0 Å². The minimum absolute atomic E-state index is 0.170. The molecule has 1 saturated carbocycles. The SMILES string of the molecule is CN(C)CC(=O)N1CCOC(CN(C)CC2CC2)C1. The van der Waals surface area contributed by atoms with Crippen LogP contribution in [0.1, 0.15) is 12.8 Å². The van der Waals surface area contributed by atoms with Gasteiger partial charge in [0.15, 0.2) is 0 Å². The van der Waals surface area contributed by atoms with Gasteiger partial charge >= 0.3 is 0 Å². The van der Waals surface area contributed by atoms with Crippen LogP contribution in [0.2, 0.25) is 0 Å². The van der Waals surface area contributed by atoms with E-state index >= 15 is 0 Å². The first-order valence-electron chi connectivity index (χ1n) is 7.27. The highest BCUT2D eigenvalue weighted by atomic mass is 16.5. The van der Waals surface area contributed by atoms with Crippen molar-refractivity contribution in [1.82, 2.24) is 14.7 Å². The van der Waals surface area contributed by atoms with Crippen molar-refractivity contribution in [2.24, 2.45) is 5.92 Å². The number of likely N-dealkylation sites (N-methyl/N-ethyl adjacent to an activating group) is 2. The van der Waals surface area contributed by atoms with Crippen molar-refractivity contribution in [3.8, 4) is 0 Å². The van der Waals surface area contributed by atoms with Crippen molar-refractivity contribution < 1.29 is 9.53 Å². The van der Waals surface area contributed by atoms with E-state index in [0.29, 0.717) is 13.2 Å². The molecule has 1 aliphatic carbocycles. The molecule has 0 aromatic rings. The van der Waals surface area contributed by atoms with Gasteiger partial charge in [0, 0.05) is 26.2 Å². The van der Waals surface area contributed by atoms with E-state index in [1.807, 2.05) is 23.9 Å². The maximum Gasteiger partial charge on any atom is 0.236 e. The lowest BCUT2D eigenvalue weighted by Gasteiger charge is -2.35. The molecule has 19 heavy (non-hydrogen) atoms. The summed E-state index contributed by atoms with van der Waals surface area (Å²) < 4.78 is 5.79. The summed E-state index contributed by atoms with van der Waals surface area (Å²) in [5.74, 6) is 1.11. The van der Waals surface area contributed by atoms with Crippen LogP contribution >= 0.6 is 0 Å². The quantitative estimate of drug-likeness (QED) is 0.686. The number of ether oxygens (including phenoxy) is 1. The second kappa shape index (κ2) is 6.68. The zero-order valence-electron chi connectivity index (χ0n) is 12.5. The second-order valence-electron chi connectivity index (χ2n) is 6.23. The average Bonchev–Trinajstić information content (AvgIpc) is 3.12. The zero-order valence-corrected chi connectivity index (χ0v) is 12.5. The van der Waals surface area contributed by atoms with E-state index < -0.39 is 0 Å². The third-order valence-corrected chi connectivity index (χ3v) is 3.73. The number of amides is 1. The molecule has 110 valence electrons. The Kier molecular flexibility index (Phi) is 5.19. The first-order chi connectivity index (χ1) is 9.04. The van der Waals surface area contributed by atoms with Crippen molar-refractivity contribution >= 4 is 5.91 Å². The van der Waals surface area contributed by atoms with Gasteiger partial charge in [-0.25, -0.2) is 0 Å². The number of nitrogens with zero attached hydrogens (tertiary/aromatic N) is 3. The lowest BCUT2D eigenvalue weighted by molar-refractivity contribution is -0.140. The highest BCUT2D eigenvalue weighted by Crippen LogP contribution is 2.29. The summed E-state index contributed by atoms with van der Waals surface area (Å²) in [6, 6.07) is 0. The van der Waals surface area contributed by atoms with Crippen LogP contribution in [0.5, 0.6) is 0 Å². The van der Waals surface area contributed by atoms with Crippen molar-refractivity contribution in [1.29, 1.82) is 0 Å². The van der Waals surface area contributed by atoms with Crippen LogP contribution in [0, 0.1) is 5.92 Å². The van der Waals surface area contributed by atoms with Crippen molar-refractivity contribution in [3.05, 3.63) is 0 Å². The smallest absolute Gasteiger partial charge is 0.236 e. The number of carbonyl (C=O) groups is 1. The molecule has 2 aliphatic rings. The minimum atomic E-state index is 0.170. The normalized spacial score (nSPS) is 24.3. The molecule has 0 bridgehead atoms. The van der Waals surface area contributed by atoms with Gasteiger partial charge in [-0.1, -0.05) is 0 Å². The molecule has 0 aromatic carbocycles. The largest absolute Gasteiger partial charge is 0.373 e. The fraction of sp³-hybridized carbons (Fsp3) is 0.929. The maximum atomic E-state index is 12.0. The molecule has 5 heteroatoms. The number of hydrogen-bond donors (Lipinski definition) is 0. The Morgan fingerprint density at radius 1 is 1.26 bits per heavy atom. The summed E-state index contributed by atoms with van der Waals surface area (Å²) in [7, 11) is 6.01. The summed E-state index contributed by atoms with van der Waals surface area (Å²) in [4.78, 5) is 18.3. The standard InChI is InChI=1S/C14H27N3O2/c1-15(2)11-14(18)17-6-7-19-13(10-17)9-16(3)8-12-4-5-12/h12-13H,4-11H2,1-3H3. The highest BCUT2D eigenvalue weighted by Gasteiger charge is 2.27. The van der Waals surface area contributed by atoms with E-state index in [1.165, 1.54) is 19.4 Å². The van der Waals surface area contributed by atoms with E-state index in [2.05, 4.69) is 11.9 Å². The average molecular weight is 269 g/mol. The molecule has 1 amide bonds. The maximum absolute atomic E-state index is 12.0. The molecule has 0 aromatic heterocycles. The molecule has 5 nitrogen and oxygen atoms in total. The molecule has 0 spiro atoms. The van der Waals surface area contributed by atoms with Crippen LogP contribution in [0.15, 0.2) is 0 Å². The Balaban J connectivity index is 1.74. The molecule has 2 rings (SSSR count). The topological polar surface area (TPSA) is 36.0 Å². The van der Waals surface area contributed by atoms with Crippen LogP contribution in [-0.2, 0) is 9.53 Å². The first kappa shape index (κ1) is 14.8. The van der Waals surface area contributed by atoms with Gasteiger partial charge < -0.3 is 19.4 Å². The van der Waals surface area contributed by atoms with E-state index in [4.69, 9.17) is 4.74 Å². The predicted octanol–water partition coefficient (Wildman–Crippen LogP) is 0.117. The van der Waals surface area contributed by atoms with Gasteiger partial charge in [-0.05, 0) is 39.9 Å². The molecule has 0 N–H and O–H groups in total. The first-order valence-corrected chi connectivity index (χ1v) is 7.27. The molecule has 1 atom stereocenters. The predicted molar refractivity (Wildman–Crippen MR) is 75.1 cm³/mol. The van der Waals surface area contributed by atoms with Gasteiger partial charge in [0.05, 0.1) is 19.3 Å². The Hall–Kier alpha value is -0.650. The Morgan fingerprint density at radius 3 is 2.63 bits per heavy atom. The van der Waals surface area contributed by atoms with Gasteiger partial charge in [-0.2, -0.15) is 0 Å². The van der Waals surface area contributed by atoms with Crippen molar-refractivity contribution in [2.75, 3.05) is 60.5 Å². The molecule has 2 fully saturated rings. The van der Waals surface area contributed by atoms with Crippen molar-refractivity contribution in [2.45, 2.75) is 18.9 Å². The molecule has 1 aliphatic heterocycles. The Labute approximate surface area is 116 Å². The lowest BCUT2D eigenvalue weighted by atomic mass is 10.2. The fourth-order valence-electron chi connectivity index (χ4n) is 2.59. The van der Waals surface area contributed by atoms with Gasteiger partial charge in [0.25, 0.3) is 0 Å². The Morgan fingerprint density at radius 2 is 2.00 bits per heavy atom. The number of morpholine rings is 1. The number of hydrogen-bond acceptors (Lipinski definition) is 4. The van der Waals surface area contributed by atoms with E-state index in [0.717, 1.165) is 25.6 Å². The molecule has 1 heterocycles. The second-order valence-corrected chi connectivity index (χ2v) is 6.23. The fourth-order valence-corrected chi connectivity index (χ4v) is 2.59. The summed E-state index contributed by atoms with van der Waals surface area (Å²) in [5, 5.41) is 0. The monoisotopic (exact) mass is 269 g/mol. The molecule has 1 saturated heterocycles. The van der Waals surface area contributed by atoms with Crippen LogP contribution < -0.4 is 0 Å². The summed E-state index contributed by atoms with van der Waals surface area (Å²) in [5.41, 5.74) is 0. The molecule has 0 radical (unpaired) electrons. The van der Waals surface area contributed by atoms with Gasteiger partial charge in [-0.15, -0.1) is 0 Å². The minimum Gasteiger partial charge on any atom is -0.373 e. The molecule has 1 unspecified atom stereocenters. The molecular weight excluding hydrogens is 242 g/mol. The third-order valence-electron chi connectivity index (χ3n) is 3.73. The van der Waals surface area contributed by atoms with E-state index in [-0.39, 0.29) is 12.0 Å². The molecular formula is C14H27N3O2. The summed E-state index contributed by atoms with van der Waals surface area (Å²) in [6.07, 6.45) is 2.93. The summed E-state index contributed by atoms with van der Waals surface area (Å²) >= 11 is 0. The highest BCUT2D eigenvalue weighted by molar-refractivity contribution is 5.78. The third kappa shape index (κ3) is 5.09. The van der Waals surface area contributed by atoms with E-state index in [1.54, 1.807) is 0 Å².